The summed E-state index contributed by atoms with van der Waals surface area (Å²) in [6.45, 7) is 3.17. The van der Waals surface area contributed by atoms with Crippen LogP contribution in [0, 0.1) is 12.8 Å². The zero-order valence-corrected chi connectivity index (χ0v) is 6.34. The predicted molar refractivity (Wildman–Crippen MR) is 36.2 cm³/mol. The minimum atomic E-state index is -1.44. The van der Waals surface area contributed by atoms with Crippen LogP contribution in [0.25, 0.3) is 0 Å². The first-order chi connectivity index (χ1) is 3.48. The number of alkyl halides is 3. The van der Waals surface area contributed by atoms with E-state index >= 15 is 0 Å². The summed E-state index contributed by atoms with van der Waals surface area (Å²) in [5.41, 5.74) is 0. The molecule has 8 heavy (non-hydrogen) atoms. The summed E-state index contributed by atoms with van der Waals surface area (Å²) in [4.78, 5) is 0. The van der Waals surface area contributed by atoms with Gasteiger partial charge in [0.2, 0.25) is 0 Å². The lowest BCUT2D eigenvalue weighted by atomic mass is 10.2. The second kappa shape index (κ2) is 3.11. The molecule has 0 aromatic heterocycles. The Bertz CT molecular complexity index is 68.2. The molecule has 1 radical (unpaired) electrons. The van der Waals surface area contributed by atoms with Crippen LogP contribution >= 0.6 is 34.8 Å². The fraction of sp³-hybridized carbons (Fsp3) is 0.750. The Hall–Kier alpha value is 0.830. The maximum atomic E-state index is 8.35. The summed E-state index contributed by atoms with van der Waals surface area (Å²) >= 11 is 15.9. The molecule has 1 atom stereocenters. The monoisotopic (exact) mass is 175 g/mol. The van der Waals surface area contributed by atoms with Gasteiger partial charge in [-0.15, -0.1) is 0 Å². The molecule has 4 heteroatoms. The Morgan fingerprint density at radius 3 is 1.88 bits per heavy atom. The minimum absolute atomic E-state index is 0.212. The molecule has 0 rings (SSSR count). The van der Waals surface area contributed by atoms with Gasteiger partial charge in [-0.2, -0.15) is 0 Å². The number of aliphatic hydroxyl groups is 1. The van der Waals surface area contributed by atoms with Crippen LogP contribution in [0.2, 0.25) is 0 Å². The van der Waals surface area contributed by atoms with E-state index in [1.165, 1.54) is 0 Å². The van der Waals surface area contributed by atoms with E-state index in [1.54, 1.807) is 0 Å². The van der Waals surface area contributed by atoms with Crippen molar-refractivity contribution in [2.45, 2.75) is 3.79 Å². The fourth-order valence-corrected chi connectivity index (χ4v) is 0.311. The molecule has 0 aromatic carbocycles. The van der Waals surface area contributed by atoms with Gasteiger partial charge in [0.25, 0.3) is 0 Å². The van der Waals surface area contributed by atoms with Crippen LogP contribution in [0.4, 0.5) is 0 Å². The van der Waals surface area contributed by atoms with Gasteiger partial charge in [0, 0.05) is 12.5 Å². The molecule has 0 aliphatic rings. The summed E-state index contributed by atoms with van der Waals surface area (Å²) < 4.78 is -1.44. The molecular weight excluding hydrogens is 170 g/mol. The van der Waals surface area contributed by atoms with Gasteiger partial charge >= 0.3 is 0 Å². The van der Waals surface area contributed by atoms with Crippen molar-refractivity contribution in [2.75, 3.05) is 6.61 Å². The van der Waals surface area contributed by atoms with E-state index in [0.29, 0.717) is 0 Å². The summed E-state index contributed by atoms with van der Waals surface area (Å²) in [7, 11) is 0. The van der Waals surface area contributed by atoms with Crippen molar-refractivity contribution >= 4 is 34.8 Å². The van der Waals surface area contributed by atoms with Crippen molar-refractivity contribution in [3.8, 4) is 0 Å². The van der Waals surface area contributed by atoms with Gasteiger partial charge in [-0.25, -0.2) is 0 Å². The number of halogens is 3. The lowest BCUT2D eigenvalue weighted by Crippen LogP contribution is -2.19. The topological polar surface area (TPSA) is 20.2 Å². The Kier molecular flexibility index (Phi) is 3.44. The Morgan fingerprint density at radius 1 is 1.50 bits per heavy atom. The van der Waals surface area contributed by atoms with Crippen molar-refractivity contribution in [1.82, 2.24) is 0 Å². The molecule has 0 aliphatic carbocycles. The largest absolute Gasteiger partial charge is 0.396 e. The van der Waals surface area contributed by atoms with Crippen molar-refractivity contribution in [1.29, 1.82) is 0 Å². The normalized spacial score (nSPS) is 16.1. The molecule has 0 spiro atoms. The molecular formula is C4H6Cl3O. The maximum Gasteiger partial charge on any atom is 0.195 e. The standard InChI is InChI=1S/C4H6Cl3O/c1-3(2-8)4(5,6)7/h3,8H,1-2H2. The van der Waals surface area contributed by atoms with Gasteiger partial charge in [0.1, 0.15) is 0 Å². The SMILES string of the molecule is [CH2]C(CO)C(Cl)(Cl)Cl. The summed E-state index contributed by atoms with van der Waals surface area (Å²) in [6.07, 6.45) is 0. The highest BCUT2D eigenvalue weighted by Gasteiger charge is 2.27. The van der Waals surface area contributed by atoms with Gasteiger partial charge in [-0.3, -0.25) is 0 Å². The number of rotatable bonds is 1. The predicted octanol–water partition coefficient (Wildman–Crippen LogP) is 1.80. The zero-order chi connectivity index (χ0) is 6.78. The van der Waals surface area contributed by atoms with Crippen molar-refractivity contribution in [2.24, 2.45) is 5.92 Å². The Labute approximate surface area is 63.5 Å². The zero-order valence-electron chi connectivity index (χ0n) is 4.07. The number of hydrogen-bond acceptors (Lipinski definition) is 1. The molecule has 0 amide bonds. The third-order valence-electron chi connectivity index (χ3n) is 0.683. The van der Waals surface area contributed by atoms with Gasteiger partial charge in [0.15, 0.2) is 3.79 Å². The molecule has 1 nitrogen and oxygen atoms in total. The molecule has 1 unspecified atom stereocenters. The van der Waals surface area contributed by atoms with Crippen LogP contribution in [-0.4, -0.2) is 15.5 Å². The highest BCUT2D eigenvalue weighted by atomic mass is 35.6. The van der Waals surface area contributed by atoms with Crippen LogP contribution in [0.1, 0.15) is 0 Å². The third-order valence-corrected chi connectivity index (χ3v) is 1.61. The first kappa shape index (κ1) is 8.83. The minimum Gasteiger partial charge on any atom is -0.396 e. The molecule has 0 bridgehead atoms. The van der Waals surface area contributed by atoms with Gasteiger partial charge in [-0.1, -0.05) is 34.8 Å². The highest BCUT2D eigenvalue weighted by Crippen LogP contribution is 2.33. The Balaban J connectivity index is 3.62. The Morgan fingerprint density at radius 2 is 1.88 bits per heavy atom. The quantitative estimate of drug-likeness (QED) is 0.604. The summed E-state index contributed by atoms with van der Waals surface area (Å²) in [5.74, 6) is -0.549. The van der Waals surface area contributed by atoms with Gasteiger partial charge in [0.05, 0.1) is 0 Å². The first-order valence-electron chi connectivity index (χ1n) is 1.99. The number of aliphatic hydroxyl groups excluding tert-OH is 1. The van der Waals surface area contributed by atoms with E-state index in [1.807, 2.05) is 0 Å². The molecule has 0 aromatic rings. The van der Waals surface area contributed by atoms with E-state index in [4.69, 9.17) is 39.9 Å². The number of hydrogen-bond donors (Lipinski definition) is 1. The average molecular weight is 176 g/mol. The van der Waals surface area contributed by atoms with Crippen molar-refractivity contribution in [3.63, 3.8) is 0 Å². The highest BCUT2D eigenvalue weighted by molar-refractivity contribution is 6.67. The second-order valence-corrected chi connectivity index (χ2v) is 3.79. The summed E-state index contributed by atoms with van der Waals surface area (Å²) in [6, 6.07) is 0. The van der Waals surface area contributed by atoms with Gasteiger partial charge in [-0.05, 0) is 6.92 Å². The van der Waals surface area contributed by atoms with Crippen LogP contribution < -0.4 is 0 Å². The van der Waals surface area contributed by atoms with Crippen LogP contribution in [0.15, 0.2) is 0 Å². The third kappa shape index (κ3) is 2.98. The molecule has 0 saturated carbocycles. The van der Waals surface area contributed by atoms with Crippen LogP contribution in [-0.2, 0) is 0 Å². The molecule has 1 N–H and O–H groups in total. The first-order valence-corrected chi connectivity index (χ1v) is 3.12. The summed E-state index contributed by atoms with van der Waals surface area (Å²) in [5, 5.41) is 8.35. The van der Waals surface area contributed by atoms with E-state index in [9.17, 15) is 0 Å². The second-order valence-electron chi connectivity index (χ2n) is 1.42. The van der Waals surface area contributed by atoms with E-state index < -0.39 is 9.71 Å². The van der Waals surface area contributed by atoms with Crippen molar-refractivity contribution < 1.29 is 5.11 Å². The smallest absolute Gasteiger partial charge is 0.195 e. The van der Waals surface area contributed by atoms with Crippen LogP contribution in [0.3, 0.4) is 0 Å². The van der Waals surface area contributed by atoms with E-state index in [2.05, 4.69) is 6.92 Å². The maximum absolute atomic E-state index is 8.35. The average Bonchev–Trinajstić information content (AvgIpc) is 1.62. The molecule has 0 fully saturated rings. The van der Waals surface area contributed by atoms with Crippen LogP contribution in [0.5, 0.6) is 0 Å². The molecule has 0 saturated heterocycles. The van der Waals surface area contributed by atoms with Crippen molar-refractivity contribution in [3.05, 3.63) is 6.92 Å². The molecule has 0 aliphatic heterocycles. The van der Waals surface area contributed by atoms with Gasteiger partial charge < -0.3 is 5.11 Å². The van der Waals surface area contributed by atoms with E-state index in [-0.39, 0.29) is 6.61 Å². The fourth-order valence-electron chi connectivity index (χ4n) is 0.104. The molecule has 49 valence electrons. The lowest BCUT2D eigenvalue weighted by molar-refractivity contribution is 0.253. The molecule has 0 heterocycles. The van der Waals surface area contributed by atoms with E-state index in [0.717, 1.165) is 0 Å². The lowest BCUT2D eigenvalue weighted by Gasteiger charge is -2.16.